The van der Waals surface area contributed by atoms with Crippen molar-refractivity contribution in [1.82, 2.24) is 0 Å². The van der Waals surface area contributed by atoms with Crippen molar-refractivity contribution >= 4 is 23.2 Å². The van der Waals surface area contributed by atoms with E-state index in [0.29, 0.717) is 11.4 Å². The summed E-state index contributed by atoms with van der Waals surface area (Å²) in [7, 11) is 1.60. The van der Waals surface area contributed by atoms with Crippen molar-refractivity contribution < 1.29 is 19.2 Å². The van der Waals surface area contributed by atoms with Gasteiger partial charge in [-0.3, -0.25) is 14.4 Å². The Labute approximate surface area is 180 Å². The number of nitrogens with zero attached hydrogens (tertiary/aromatic N) is 2. The number of carbonyl (C=O) groups excluding carboxylic acids is 2. The highest BCUT2D eigenvalue weighted by Gasteiger charge is 2.60. The molecule has 2 amide bonds. The first-order valence-electron chi connectivity index (χ1n) is 10.2. The summed E-state index contributed by atoms with van der Waals surface area (Å²) in [5, 5.41) is 1.68. The van der Waals surface area contributed by atoms with E-state index in [1.165, 1.54) is 4.90 Å². The number of amides is 2. The highest BCUT2D eigenvalue weighted by molar-refractivity contribution is 6.23. The summed E-state index contributed by atoms with van der Waals surface area (Å²) in [6.07, 6.45) is -0.899. The Balaban J connectivity index is 1.61. The van der Waals surface area contributed by atoms with E-state index >= 15 is 0 Å². The van der Waals surface area contributed by atoms with E-state index in [-0.39, 0.29) is 11.8 Å². The topological polar surface area (TPSA) is 59.1 Å². The summed E-state index contributed by atoms with van der Waals surface area (Å²) >= 11 is 0. The van der Waals surface area contributed by atoms with Gasteiger partial charge >= 0.3 is 0 Å². The third kappa shape index (κ3) is 3.07. The maximum Gasteiger partial charge on any atom is 0.266 e. The van der Waals surface area contributed by atoms with Crippen LogP contribution in [0.5, 0.6) is 5.75 Å². The molecule has 0 saturated carbocycles. The van der Waals surface area contributed by atoms with Crippen LogP contribution in [0.1, 0.15) is 17.2 Å². The first-order chi connectivity index (χ1) is 15.1. The Morgan fingerprint density at radius 1 is 0.806 bits per heavy atom. The van der Waals surface area contributed by atoms with Crippen molar-refractivity contribution in [2.45, 2.75) is 19.1 Å². The van der Waals surface area contributed by atoms with Gasteiger partial charge in [0.1, 0.15) is 11.7 Å². The average Bonchev–Trinajstić information content (AvgIpc) is 3.31. The number of hydrogen-bond donors (Lipinski definition) is 0. The number of hydrogen-bond acceptors (Lipinski definition) is 5. The third-order valence-corrected chi connectivity index (χ3v) is 5.88. The summed E-state index contributed by atoms with van der Waals surface area (Å²) in [5.74, 6) is -0.664. The first kappa shape index (κ1) is 19.3. The maximum absolute atomic E-state index is 13.6. The van der Waals surface area contributed by atoms with Gasteiger partial charge in [-0.1, -0.05) is 54.1 Å². The molecule has 0 unspecified atom stereocenters. The Morgan fingerprint density at radius 2 is 1.48 bits per heavy atom. The largest absolute Gasteiger partial charge is 0.496 e. The summed E-state index contributed by atoms with van der Waals surface area (Å²) in [4.78, 5) is 34.3. The van der Waals surface area contributed by atoms with Crippen LogP contribution in [0.2, 0.25) is 0 Å². The molecule has 0 bridgehead atoms. The molecule has 3 aromatic carbocycles. The van der Waals surface area contributed by atoms with E-state index in [0.717, 1.165) is 16.8 Å². The Kier molecular flexibility index (Phi) is 4.71. The number of anilines is 2. The number of hydroxylamine groups is 1. The van der Waals surface area contributed by atoms with E-state index in [4.69, 9.17) is 9.57 Å². The standard InChI is InChI=1S/C25H22N2O4/c1-16-12-14-17(15-13-16)26-24(28)21-22(19-10-6-7-11-20(19)30-2)27(31-23(21)25(26)29)18-8-4-3-5-9-18/h3-15,21-23H,1-2H3/t21-,22-,23-/m0/s1. The normalized spacial score (nSPS) is 22.7. The van der Waals surface area contributed by atoms with E-state index in [2.05, 4.69) is 0 Å². The highest BCUT2D eigenvalue weighted by atomic mass is 16.7. The quantitative estimate of drug-likeness (QED) is 0.603. The molecule has 2 saturated heterocycles. The summed E-state index contributed by atoms with van der Waals surface area (Å²) in [6.45, 7) is 1.96. The molecule has 3 aromatic rings. The Bertz CT molecular complexity index is 1130. The average molecular weight is 414 g/mol. The van der Waals surface area contributed by atoms with Gasteiger partial charge in [0.05, 0.1) is 24.5 Å². The van der Waals surface area contributed by atoms with Crippen LogP contribution in [-0.2, 0) is 14.4 Å². The lowest BCUT2D eigenvalue weighted by molar-refractivity contribution is -0.126. The van der Waals surface area contributed by atoms with Crippen molar-refractivity contribution in [2.75, 3.05) is 17.1 Å². The monoisotopic (exact) mass is 414 g/mol. The number of carbonyl (C=O) groups is 2. The number of benzene rings is 3. The fourth-order valence-corrected chi connectivity index (χ4v) is 4.39. The highest BCUT2D eigenvalue weighted by Crippen LogP contribution is 2.49. The number of fused-ring (bicyclic) bond motifs is 1. The molecule has 31 heavy (non-hydrogen) atoms. The van der Waals surface area contributed by atoms with Crippen LogP contribution in [-0.4, -0.2) is 25.0 Å². The Hall–Kier alpha value is -3.64. The van der Waals surface area contributed by atoms with Crippen LogP contribution in [0.4, 0.5) is 11.4 Å². The van der Waals surface area contributed by atoms with Crippen LogP contribution in [0.3, 0.4) is 0 Å². The molecule has 0 N–H and O–H groups in total. The summed E-state index contributed by atoms with van der Waals surface area (Å²) in [6, 6.07) is 23.9. The number of imide groups is 1. The van der Waals surface area contributed by atoms with Gasteiger partial charge in [-0.05, 0) is 37.3 Å². The number of rotatable bonds is 4. The molecule has 2 aliphatic rings. The smallest absolute Gasteiger partial charge is 0.266 e. The molecular formula is C25H22N2O4. The predicted octanol–water partition coefficient (Wildman–Crippen LogP) is 4.05. The van der Waals surface area contributed by atoms with E-state index in [1.807, 2.05) is 73.7 Å². The molecule has 0 spiro atoms. The molecule has 0 radical (unpaired) electrons. The minimum atomic E-state index is -0.899. The van der Waals surface area contributed by atoms with Gasteiger partial charge in [-0.15, -0.1) is 0 Å². The molecule has 2 aliphatic heterocycles. The lowest BCUT2D eigenvalue weighted by atomic mass is 9.90. The van der Waals surface area contributed by atoms with Crippen LogP contribution in [0, 0.1) is 12.8 Å². The van der Waals surface area contributed by atoms with Gasteiger partial charge in [-0.2, -0.15) is 0 Å². The van der Waals surface area contributed by atoms with Crippen LogP contribution in [0.25, 0.3) is 0 Å². The molecule has 0 aromatic heterocycles. The molecule has 6 nitrogen and oxygen atoms in total. The molecule has 2 fully saturated rings. The van der Waals surface area contributed by atoms with Gasteiger partial charge in [0.15, 0.2) is 6.10 Å². The molecule has 0 aliphatic carbocycles. The third-order valence-electron chi connectivity index (χ3n) is 5.88. The fraction of sp³-hybridized carbons (Fsp3) is 0.200. The SMILES string of the molecule is COc1ccccc1[C@H]1[C@@H]2C(=O)N(c3ccc(C)cc3)C(=O)[C@H]2ON1c1ccccc1. The minimum absolute atomic E-state index is 0.270. The summed E-state index contributed by atoms with van der Waals surface area (Å²) in [5.41, 5.74) is 3.19. The zero-order valence-corrected chi connectivity index (χ0v) is 17.3. The van der Waals surface area contributed by atoms with Gasteiger partial charge in [0, 0.05) is 5.56 Å². The van der Waals surface area contributed by atoms with Crippen molar-refractivity contribution in [3.63, 3.8) is 0 Å². The lowest BCUT2D eigenvalue weighted by Crippen LogP contribution is -2.37. The minimum Gasteiger partial charge on any atom is -0.496 e. The number of ether oxygens (including phenoxy) is 1. The van der Waals surface area contributed by atoms with Crippen LogP contribution >= 0.6 is 0 Å². The summed E-state index contributed by atoms with van der Waals surface area (Å²) < 4.78 is 5.59. The second-order valence-corrected chi connectivity index (χ2v) is 7.75. The number of aryl methyl sites for hydroxylation is 1. The lowest BCUT2D eigenvalue weighted by Gasteiger charge is -2.29. The zero-order valence-electron chi connectivity index (χ0n) is 17.3. The first-order valence-corrected chi connectivity index (χ1v) is 10.2. The molecule has 5 rings (SSSR count). The molecule has 6 heteroatoms. The maximum atomic E-state index is 13.6. The Morgan fingerprint density at radius 3 is 2.19 bits per heavy atom. The molecule has 3 atom stereocenters. The van der Waals surface area contributed by atoms with Crippen molar-refractivity contribution in [2.24, 2.45) is 5.92 Å². The number of methoxy groups -OCH3 is 1. The second kappa shape index (κ2) is 7.56. The fourth-order valence-electron chi connectivity index (χ4n) is 4.39. The van der Waals surface area contributed by atoms with E-state index < -0.39 is 18.1 Å². The van der Waals surface area contributed by atoms with Gasteiger partial charge < -0.3 is 4.74 Å². The van der Waals surface area contributed by atoms with E-state index in [1.54, 1.807) is 24.3 Å². The van der Waals surface area contributed by atoms with Crippen molar-refractivity contribution in [1.29, 1.82) is 0 Å². The van der Waals surface area contributed by atoms with Gasteiger partial charge in [0.25, 0.3) is 5.91 Å². The van der Waals surface area contributed by atoms with Crippen LogP contribution < -0.4 is 14.7 Å². The second-order valence-electron chi connectivity index (χ2n) is 7.75. The zero-order chi connectivity index (χ0) is 21.5. The van der Waals surface area contributed by atoms with Crippen molar-refractivity contribution in [3.8, 4) is 5.75 Å². The van der Waals surface area contributed by atoms with Crippen LogP contribution in [0.15, 0.2) is 78.9 Å². The molecule has 156 valence electrons. The predicted molar refractivity (Wildman–Crippen MR) is 117 cm³/mol. The molecule has 2 heterocycles. The number of para-hydroxylation sites is 2. The molecular weight excluding hydrogens is 392 g/mol. The van der Waals surface area contributed by atoms with Gasteiger partial charge in [0.2, 0.25) is 5.91 Å². The van der Waals surface area contributed by atoms with E-state index in [9.17, 15) is 9.59 Å². The van der Waals surface area contributed by atoms with Gasteiger partial charge in [-0.25, -0.2) is 9.96 Å². The van der Waals surface area contributed by atoms with Crippen molar-refractivity contribution in [3.05, 3.63) is 90.0 Å².